The maximum Gasteiger partial charge on any atom is 0.0332 e. The van der Waals surface area contributed by atoms with Gasteiger partial charge in [-0.1, -0.05) is 27.2 Å². The Morgan fingerprint density at radius 3 is 2.67 bits per heavy atom. The van der Waals surface area contributed by atoms with Gasteiger partial charge in [0.15, 0.2) is 0 Å². The fraction of sp³-hybridized carbons (Fsp3) is 0.778. The average Bonchev–Trinajstić information content (AvgIpc) is 3.26. The highest BCUT2D eigenvalue weighted by Gasteiger charge is 2.39. The van der Waals surface area contributed by atoms with Crippen LogP contribution in [0.1, 0.15) is 49.8 Å². The molecule has 1 aliphatic carbocycles. The number of aryl methyl sites for hydroxylation is 1. The Hall–Kier alpha value is -0.380. The standard InChI is InChI=1S/C18H30N2S/c1-4-13(3)17-12-20(18(10-19-17)14-6-7-14)11-16-9-8-15(5-2)21-16/h8-9,13-14,17-19H,4-7,10-12H2,1-3H3. The number of thiophene rings is 1. The van der Waals surface area contributed by atoms with Crippen molar-refractivity contribution in [2.75, 3.05) is 13.1 Å². The minimum atomic E-state index is 0.676. The van der Waals surface area contributed by atoms with Crippen molar-refractivity contribution in [2.24, 2.45) is 11.8 Å². The molecule has 1 N–H and O–H groups in total. The number of hydrogen-bond acceptors (Lipinski definition) is 3. The summed E-state index contributed by atoms with van der Waals surface area (Å²) in [5.41, 5.74) is 0. The Labute approximate surface area is 133 Å². The SMILES string of the molecule is CCc1ccc(CN2CC(C(C)CC)NCC2C2CC2)s1. The van der Waals surface area contributed by atoms with Crippen molar-refractivity contribution in [3.05, 3.63) is 21.9 Å². The van der Waals surface area contributed by atoms with Crippen molar-refractivity contribution in [1.29, 1.82) is 0 Å². The van der Waals surface area contributed by atoms with E-state index in [9.17, 15) is 0 Å². The van der Waals surface area contributed by atoms with E-state index in [0.29, 0.717) is 6.04 Å². The highest BCUT2D eigenvalue weighted by Crippen LogP contribution is 2.37. The van der Waals surface area contributed by atoms with Crippen molar-refractivity contribution in [1.82, 2.24) is 10.2 Å². The molecule has 0 aromatic carbocycles. The molecule has 3 atom stereocenters. The Balaban J connectivity index is 1.67. The van der Waals surface area contributed by atoms with Gasteiger partial charge < -0.3 is 5.32 Å². The first-order valence-corrected chi connectivity index (χ1v) is 9.57. The first-order chi connectivity index (χ1) is 10.2. The van der Waals surface area contributed by atoms with Crippen LogP contribution in [-0.4, -0.2) is 30.1 Å². The van der Waals surface area contributed by atoms with Gasteiger partial charge in [-0.05, 0) is 43.2 Å². The lowest BCUT2D eigenvalue weighted by Crippen LogP contribution is -2.58. The summed E-state index contributed by atoms with van der Waals surface area (Å²) in [6.07, 6.45) is 5.34. The van der Waals surface area contributed by atoms with Gasteiger partial charge in [0, 0.05) is 41.5 Å². The van der Waals surface area contributed by atoms with E-state index in [1.807, 2.05) is 11.3 Å². The van der Waals surface area contributed by atoms with Gasteiger partial charge in [-0.25, -0.2) is 0 Å². The van der Waals surface area contributed by atoms with Crippen LogP contribution >= 0.6 is 11.3 Å². The molecule has 1 aliphatic heterocycles. The second-order valence-corrected chi connectivity index (χ2v) is 8.21. The molecule has 1 aromatic rings. The van der Waals surface area contributed by atoms with Crippen LogP contribution in [0, 0.1) is 11.8 Å². The van der Waals surface area contributed by atoms with E-state index in [2.05, 4.69) is 43.1 Å². The summed E-state index contributed by atoms with van der Waals surface area (Å²) in [5.74, 6) is 1.74. The van der Waals surface area contributed by atoms with Crippen molar-refractivity contribution in [3.8, 4) is 0 Å². The minimum Gasteiger partial charge on any atom is -0.311 e. The molecule has 2 nitrogen and oxygen atoms in total. The number of rotatable bonds is 6. The number of piperazine rings is 1. The molecule has 3 heteroatoms. The van der Waals surface area contributed by atoms with Gasteiger partial charge in [-0.2, -0.15) is 0 Å². The third-order valence-corrected chi connectivity index (χ3v) is 6.63. The molecule has 0 amide bonds. The van der Waals surface area contributed by atoms with Gasteiger partial charge in [-0.3, -0.25) is 4.90 Å². The molecule has 1 aromatic heterocycles. The van der Waals surface area contributed by atoms with Crippen LogP contribution < -0.4 is 5.32 Å². The monoisotopic (exact) mass is 306 g/mol. The topological polar surface area (TPSA) is 15.3 Å². The lowest BCUT2D eigenvalue weighted by Gasteiger charge is -2.42. The number of nitrogens with zero attached hydrogens (tertiary/aromatic N) is 1. The van der Waals surface area contributed by atoms with Crippen molar-refractivity contribution in [2.45, 2.75) is 65.1 Å². The molecule has 1 saturated heterocycles. The summed E-state index contributed by atoms with van der Waals surface area (Å²) in [7, 11) is 0. The molecule has 0 bridgehead atoms. The predicted octanol–water partition coefficient (Wildman–Crippen LogP) is 3.91. The Bertz CT molecular complexity index is 452. The number of hydrogen-bond donors (Lipinski definition) is 1. The molecule has 118 valence electrons. The molecule has 2 heterocycles. The van der Waals surface area contributed by atoms with Crippen molar-refractivity contribution < 1.29 is 0 Å². The van der Waals surface area contributed by atoms with Gasteiger partial charge in [0.25, 0.3) is 0 Å². The van der Waals surface area contributed by atoms with Crippen molar-refractivity contribution in [3.63, 3.8) is 0 Å². The maximum absolute atomic E-state index is 3.84. The zero-order valence-electron chi connectivity index (χ0n) is 13.8. The molecule has 0 radical (unpaired) electrons. The van der Waals surface area contributed by atoms with Crippen LogP contribution in [0.5, 0.6) is 0 Å². The van der Waals surface area contributed by atoms with Crippen molar-refractivity contribution >= 4 is 11.3 Å². The summed E-state index contributed by atoms with van der Waals surface area (Å²) in [6.45, 7) is 10.6. The Kier molecular flexibility index (Phi) is 5.03. The van der Waals surface area contributed by atoms with E-state index in [0.717, 1.165) is 17.9 Å². The average molecular weight is 307 g/mol. The van der Waals surface area contributed by atoms with Gasteiger partial charge in [-0.15, -0.1) is 11.3 Å². The van der Waals surface area contributed by atoms with Crippen LogP contribution in [0.3, 0.4) is 0 Å². The summed E-state index contributed by atoms with van der Waals surface area (Å²) in [5, 5.41) is 3.84. The summed E-state index contributed by atoms with van der Waals surface area (Å²) in [4.78, 5) is 5.87. The van der Waals surface area contributed by atoms with Gasteiger partial charge in [0.1, 0.15) is 0 Å². The van der Waals surface area contributed by atoms with E-state index < -0.39 is 0 Å². The van der Waals surface area contributed by atoms with Crippen LogP contribution in [0.25, 0.3) is 0 Å². The summed E-state index contributed by atoms with van der Waals surface area (Å²) < 4.78 is 0. The molecular weight excluding hydrogens is 276 g/mol. The first-order valence-electron chi connectivity index (χ1n) is 8.76. The van der Waals surface area contributed by atoms with Crippen LogP contribution in [0.4, 0.5) is 0 Å². The zero-order chi connectivity index (χ0) is 14.8. The van der Waals surface area contributed by atoms with Gasteiger partial charge in [0.2, 0.25) is 0 Å². The molecule has 2 aliphatic rings. The Morgan fingerprint density at radius 2 is 2.05 bits per heavy atom. The lowest BCUT2D eigenvalue weighted by molar-refractivity contribution is 0.0901. The molecule has 2 fully saturated rings. The second-order valence-electron chi connectivity index (χ2n) is 6.96. The van der Waals surface area contributed by atoms with E-state index in [1.165, 1.54) is 50.2 Å². The fourth-order valence-electron chi connectivity index (χ4n) is 3.54. The molecule has 0 spiro atoms. The van der Waals surface area contributed by atoms with Gasteiger partial charge in [0.05, 0.1) is 0 Å². The highest BCUT2D eigenvalue weighted by molar-refractivity contribution is 7.11. The maximum atomic E-state index is 3.84. The molecular formula is C18H30N2S. The second kappa shape index (κ2) is 6.80. The highest BCUT2D eigenvalue weighted by atomic mass is 32.1. The third-order valence-electron chi connectivity index (χ3n) is 5.41. The summed E-state index contributed by atoms with van der Waals surface area (Å²) >= 11 is 2.01. The number of nitrogens with one attached hydrogen (secondary N) is 1. The predicted molar refractivity (Wildman–Crippen MR) is 91.9 cm³/mol. The molecule has 3 unspecified atom stereocenters. The normalized spacial score (nSPS) is 28.7. The first kappa shape index (κ1) is 15.5. The fourth-order valence-corrected chi connectivity index (χ4v) is 4.53. The Morgan fingerprint density at radius 1 is 1.29 bits per heavy atom. The largest absolute Gasteiger partial charge is 0.311 e. The molecule has 3 rings (SSSR count). The summed E-state index contributed by atoms with van der Waals surface area (Å²) in [6, 6.07) is 6.13. The third kappa shape index (κ3) is 3.69. The lowest BCUT2D eigenvalue weighted by atomic mass is 9.94. The van der Waals surface area contributed by atoms with E-state index in [1.54, 1.807) is 4.88 Å². The molecule has 1 saturated carbocycles. The van der Waals surface area contributed by atoms with Crippen LogP contribution in [0.15, 0.2) is 12.1 Å². The van der Waals surface area contributed by atoms with E-state index >= 15 is 0 Å². The van der Waals surface area contributed by atoms with Crippen LogP contribution in [0.2, 0.25) is 0 Å². The molecule has 21 heavy (non-hydrogen) atoms. The van der Waals surface area contributed by atoms with E-state index in [4.69, 9.17) is 0 Å². The van der Waals surface area contributed by atoms with Gasteiger partial charge >= 0.3 is 0 Å². The van der Waals surface area contributed by atoms with Crippen LogP contribution in [-0.2, 0) is 13.0 Å². The quantitative estimate of drug-likeness (QED) is 0.857. The van der Waals surface area contributed by atoms with E-state index in [-0.39, 0.29) is 0 Å². The zero-order valence-corrected chi connectivity index (χ0v) is 14.6. The smallest absolute Gasteiger partial charge is 0.0332 e. The minimum absolute atomic E-state index is 0.676.